The number of benzene rings is 1. The van der Waals surface area contributed by atoms with Crippen molar-refractivity contribution in [2.24, 2.45) is 0 Å². The second-order valence-corrected chi connectivity index (χ2v) is 6.27. The van der Waals surface area contributed by atoms with Crippen molar-refractivity contribution in [3.8, 4) is 0 Å². The quantitative estimate of drug-likeness (QED) is 0.604. The van der Waals surface area contributed by atoms with E-state index >= 15 is 0 Å². The van der Waals surface area contributed by atoms with Crippen LogP contribution in [0.5, 0.6) is 0 Å². The number of aliphatic hydroxyl groups is 1. The van der Waals surface area contributed by atoms with E-state index in [2.05, 4.69) is 15.0 Å². The zero-order valence-electron chi connectivity index (χ0n) is 13.7. The van der Waals surface area contributed by atoms with Gasteiger partial charge in [0.15, 0.2) is 17.7 Å². The second kappa shape index (κ2) is 6.03. The van der Waals surface area contributed by atoms with Crippen molar-refractivity contribution in [2.45, 2.75) is 24.5 Å². The molecule has 26 heavy (non-hydrogen) atoms. The average Bonchev–Trinajstić information content (AvgIpc) is 3.36. The number of aromatic nitrogens is 4. The predicted octanol–water partition coefficient (Wildman–Crippen LogP) is -0.522. The van der Waals surface area contributed by atoms with Gasteiger partial charge in [0.05, 0.1) is 12.9 Å². The third-order valence-electron chi connectivity index (χ3n) is 4.76. The predicted molar refractivity (Wildman–Crippen MR) is 92.3 cm³/mol. The standard InChI is InChI=1S/C16H16BN5O4/c18-14-11-15(20-7-19-14)22(8-21-11)16-13-12(10(6-23)24-16)25-17(26-13)9-4-2-1-3-5-9/h1-5,7-8,10,12-13,16,23H,6H2,(H2,18,19,20)/t10-,12?,13+,16-/m1/s1. The van der Waals surface area contributed by atoms with E-state index in [9.17, 15) is 5.11 Å². The second-order valence-electron chi connectivity index (χ2n) is 6.27. The Bertz CT molecular complexity index is 939. The van der Waals surface area contributed by atoms with Gasteiger partial charge in [-0.15, -0.1) is 0 Å². The molecule has 2 aliphatic heterocycles. The molecular formula is C16H16BN5O4. The van der Waals surface area contributed by atoms with Crippen molar-refractivity contribution in [3.63, 3.8) is 0 Å². The first kappa shape index (κ1) is 15.7. The van der Waals surface area contributed by atoms with Crippen molar-refractivity contribution in [1.82, 2.24) is 19.5 Å². The molecule has 0 bridgehead atoms. The number of aliphatic hydroxyl groups excluding tert-OH is 1. The van der Waals surface area contributed by atoms with E-state index in [1.807, 2.05) is 30.3 Å². The SMILES string of the molecule is Nc1ncnc2c1ncn2[C@@H]1O[C@H](CO)C2OB(c3ccccc3)O[C@@H]21. The Labute approximate surface area is 148 Å². The molecule has 4 heterocycles. The third kappa shape index (κ3) is 2.31. The van der Waals surface area contributed by atoms with E-state index in [4.69, 9.17) is 19.8 Å². The van der Waals surface area contributed by atoms with E-state index in [1.54, 1.807) is 10.9 Å². The maximum atomic E-state index is 9.71. The molecule has 132 valence electrons. The Morgan fingerprint density at radius 2 is 1.92 bits per heavy atom. The molecule has 10 heteroatoms. The molecule has 9 nitrogen and oxygen atoms in total. The summed E-state index contributed by atoms with van der Waals surface area (Å²) >= 11 is 0. The Balaban J connectivity index is 1.51. The number of fused-ring (bicyclic) bond motifs is 2. The molecule has 0 spiro atoms. The summed E-state index contributed by atoms with van der Waals surface area (Å²) in [6.45, 7) is -0.174. The molecule has 0 radical (unpaired) electrons. The monoisotopic (exact) mass is 353 g/mol. The number of rotatable bonds is 3. The van der Waals surface area contributed by atoms with E-state index in [0.717, 1.165) is 5.46 Å². The van der Waals surface area contributed by atoms with Gasteiger partial charge in [0.1, 0.15) is 30.2 Å². The molecular weight excluding hydrogens is 337 g/mol. The third-order valence-corrected chi connectivity index (χ3v) is 4.76. The van der Waals surface area contributed by atoms with Crippen LogP contribution < -0.4 is 11.2 Å². The molecule has 0 saturated carbocycles. The van der Waals surface area contributed by atoms with Gasteiger partial charge in [-0.1, -0.05) is 30.3 Å². The molecule has 2 aromatic heterocycles. The van der Waals surface area contributed by atoms with Crippen LogP contribution in [0.25, 0.3) is 11.2 Å². The molecule has 0 amide bonds. The van der Waals surface area contributed by atoms with Gasteiger partial charge in [0.25, 0.3) is 0 Å². The number of nitrogens with zero attached hydrogens (tertiary/aromatic N) is 4. The van der Waals surface area contributed by atoms with Gasteiger partial charge >= 0.3 is 7.12 Å². The smallest absolute Gasteiger partial charge is 0.399 e. The minimum Gasteiger partial charge on any atom is -0.399 e. The summed E-state index contributed by atoms with van der Waals surface area (Å²) in [5.74, 6) is 0.299. The first-order chi connectivity index (χ1) is 12.8. The largest absolute Gasteiger partial charge is 0.494 e. The van der Waals surface area contributed by atoms with Gasteiger partial charge in [0, 0.05) is 0 Å². The van der Waals surface area contributed by atoms with E-state index in [1.165, 1.54) is 6.33 Å². The Kier molecular flexibility index (Phi) is 3.64. The highest BCUT2D eigenvalue weighted by Gasteiger charge is 2.55. The zero-order chi connectivity index (χ0) is 17.7. The lowest BCUT2D eigenvalue weighted by molar-refractivity contribution is -0.0570. The number of nitrogen functional groups attached to an aromatic ring is 1. The van der Waals surface area contributed by atoms with Crippen LogP contribution in [0.2, 0.25) is 0 Å². The first-order valence-corrected chi connectivity index (χ1v) is 8.31. The van der Waals surface area contributed by atoms with Crippen LogP contribution in [0.1, 0.15) is 6.23 Å². The van der Waals surface area contributed by atoms with Gasteiger partial charge in [-0.3, -0.25) is 4.57 Å². The van der Waals surface area contributed by atoms with Crippen LogP contribution in [0.4, 0.5) is 5.82 Å². The Morgan fingerprint density at radius 3 is 2.73 bits per heavy atom. The number of hydrogen-bond acceptors (Lipinski definition) is 8. The summed E-state index contributed by atoms with van der Waals surface area (Å²) in [4.78, 5) is 12.5. The van der Waals surface area contributed by atoms with Gasteiger partial charge in [-0.05, 0) is 5.46 Å². The molecule has 3 aromatic rings. The van der Waals surface area contributed by atoms with Crippen molar-refractivity contribution in [2.75, 3.05) is 12.3 Å². The van der Waals surface area contributed by atoms with Crippen LogP contribution in [0.3, 0.4) is 0 Å². The highest BCUT2D eigenvalue weighted by molar-refractivity contribution is 6.61. The minimum absolute atomic E-state index is 0.174. The fourth-order valence-corrected chi connectivity index (χ4v) is 3.53. The molecule has 5 rings (SSSR count). The molecule has 4 atom stereocenters. The number of ether oxygens (including phenoxy) is 1. The highest BCUT2D eigenvalue weighted by atomic mass is 16.7. The van der Waals surface area contributed by atoms with E-state index in [0.29, 0.717) is 17.0 Å². The summed E-state index contributed by atoms with van der Waals surface area (Å²) < 4.78 is 19.9. The number of nitrogens with two attached hydrogens (primary N) is 1. The van der Waals surface area contributed by atoms with Gasteiger partial charge < -0.3 is 24.9 Å². The number of anilines is 1. The molecule has 2 saturated heterocycles. The van der Waals surface area contributed by atoms with Crippen LogP contribution >= 0.6 is 0 Å². The maximum Gasteiger partial charge on any atom is 0.494 e. The molecule has 2 aliphatic rings. The van der Waals surface area contributed by atoms with Crippen molar-refractivity contribution >= 4 is 29.6 Å². The van der Waals surface area contributed by atoms with Crippen molar-refractivity contribution in [1.29, 1.82) is 0 Å². The highest BCUT2D eigenvalue weighted by Crippen LogP contribution is 2.39. The summed E-state index contributed by atoms with van der Waals surface area (Å²) in [7, 11) is -0.513. The normalized spacial score (nSPS) is 28.0. The fraction of sp³-hybridized carbons (Fsp3) is 0.312. The van der Waals surface area contributed by atoms with Crippen LogP contribution in [0.15, 0.2) is 43.0 Å². The number of imidazole rings is 1. The van der Waals surface area contributed by atoms with Crippen molar-refractivity contribution < 1.29 is 19.2 Å². The zero-order valence-corrected chi connectivity index (χ0v) is 13.7. The van der Waals surface area contributed by atoms with Crippen LogP contribution in [0, 0.1) is 0 Å². The average molecular weight is 353 g/mol. The number of hydrogen-bond donors (Lipinski definition) is 2. The fourth-order valence-electron chi connectivity index (χ4n) is 3.53. The molecule has 0 aliphatic carbocycles. The summed E-state index contributed by atoms with van der Waals surface area (Å²) in [6, 6.07) is 9.67. The molecule has 1 aromatic carbocycles. The summed E-state index contributed by atoms with van der Waals surface area (Å²) in [5, 5.41) is 9.71. The van der Waals surface area contributed by atoms with E-state index < -0.39 is 31.7 Å². The summed E-state index contributed by atoms with van der Waals surface area (Å²) in [5.41, 5.74) is 7.83. The lowest BCUT2D eigenvalue weighted by Gasteiger charge is -2.19. The van der Waals surface area contributed by atoms with Gasteiger partial charge in [-0.2, -0.15) is 0 Å². The Hall–Kier alpha value is -2.53. The van der Waals surface area contributed by atoms with Gasteiger partial charge in [-0.25, -0.2) is 15.0 Å². The molecule has 2 fully saturated rings. The van der Waals surface area contributed by atoms with Gasteiger partial charge in [0.2, 0.25) is 0 Å². The van der Waals surface area contributed by atoms with Crippen LogP contribution in [-0.4, -0.2) is 56.7 Å². The minimum atomic E-state index is -0.537. The molecule has 1 unspecified atom stereocenters. The van der Waals surface area contributed by atoms with E-state index in [-0.39, 0.29) is 6.61 Å². The maximum absolute atomic E-state index is 9.71. The first-order valence-electron chi connectivity index (χ1n) is 8.31. The lowest BCUT2D eigenvalue weighted by atomic mass is 9.79. The molecule has 3 N–H and O–H groups in total. The summed E-state index contributed by atoms with van der Waals surface area (Å²) in [6.07, 6.45) is 1.12. The van der Waals surface area contributed by atoms with Crippen molar-refractivity contribution in [3.05, 3.63) is 43.0 Å². The Morgan fingerprint density at radius 1 is 1.12 bits per heavy atom. The van der Waals surface area contributed by atoms with Crippen LogP contribution in [-0.2, 0) is 14.0 Å². The lowest BCUT2D eigenvalue weighted by Crippen LogP contribution is -2.36. The topological polar surface area (TPSA) is 118 Å².